The summed E-state index contributed by atoms with van der Waals surface area (Å²) in [4.78, 5) is 14.8. The van der Waals surface area contributed by atoms with Gasteiger partial charge in [-0.15, -0.1) is 0 Å². The molecule has 0 bridgehead atoms. The molecule has 3 unspecified atom stereocenters. The summed E-state index contributed by atoms with van der Waals surface area (Å²) >= 11 is 0. The molecule has 2 aliphatic rings. The molecule has 4 nitrogen and oxygen atoms in total. The Bertz CT molecular complexity index is 517. The summed E-state index contributed by atoms with van der Waals surface area (Å²) in [7, 11) is 1.66. The maximum atomic E-state index is 12.7. The van der Waals surface area contributed by atoms with Crippen LogP contribution in [0.15, 0.2) is 24.3 Å². The predicted molar refractivity (Wildman–Crippen MR) is 82.3 cm³/mol. The Balaban J connectivity index is 1.73. The van der Waals surface area contributed by atoms with Gasteiger partial charge in [-0.2, -0.15) is 0 Å². The monoisotopic (exact) mass is 288 g/mol. The summed E-state index contributed by atoms with van der Waals surface area (Å²) in [5.74, 6) is 2.31. The Morgan fingerprint density at radius 2 is 2.19 bits per heavy atom. The number of carbonyl (C=O) groups is 1. The van der Waals surface area contributed by atoms with Crippen LogP contribution in [-0.4, -0.2) is 43.6 Å². The molecule has 0 saturated carbocycles. The molecule has 2 heterocycles. The first-order chi connectivity index (χ1) is 10.2. The highest BCUT2D eigenvalue weighted by Gasteiger charge is 2.44. The third-order valence-corrected chi connectivity index (χ3v) is 4.99. The van der Waals surface area contributed by atoms with Crippen molar-refractivity contribution in [1.29, 1.82) is 0 Å². The summed E-state index contributed by atoms with van der Waals surface area (Å²) in [6.07, 6.45) is 1.48. The fourth-order valence-corrected chi connectivity index (χ4v) is 3.95. The Morgan fingerprint density at radius 1 is 1.38 bits per heavy atom. The van der Waals surface area contributed by atoms with Crippen molar-refractivity contribution in [1.82, 2.24) is 10.2 Å². The zero-order valence-corrected chi connectivity index (χ0v) is 12.8. The van der Waals surface area contributed by atoms with Crippen LogP contribution in [0.25, 0.3) is 0 Å². The molecule has 1 N–H and O–H groups in total. The van der Waals surface area contributed by atoms with E-state index in [1.165, 1.54) is 0 Å². The molecule has 2 fully saturated rings. The topological polar surface area (TPSA) is 41.6 Å². The lowest BCUT2D eigenvalue weighted by molar-refractivity contribution is -0.131. The molecule has 2 aliphatic heterocycles. The number of rotatable bonds is 4. The van der Waals surface area contributed by atoms with Crippen molar-refractivity contribution in [3.05, 3.63) is 29.8 Å². The van der Waals surface area contributed by atoms with Crippen molar-refractivity contribution >= 4 is 5.91 Å². The van der Waals surface area contributed by atoms with Crippen molar-refractivity contribution < 1.29 is 9.53 Å². The van der Waals surface area contributed by atoms with E-state index < -0.39 is 0 Å². The third-order valence-electron chi connectivity index (χ3n) is 4.99. The number of para-hydroxylation sites is 1. The summed E-state index contributed by atoms with van der Waals surface area (Å²) in [5, 5.41) is 3.46. The molecule has 0 spiro atoms. The van der Waals surface area contributed by atoms with Crippen LogP contribution in [0.4, 0.5) is 0 Å². The number of benzene rings is 1. The van der Waals surface area contributed by atoms with E-state index >= 15 is 0 Å². The second kappa shape index (κ2) is 6.06. The highest BCUT2D eigenvalue weighted by atomic mass is 16.5. The number of nitrogens with zero attached hydrogens (tertiary/aromatic N) is 1. The Kier molecular flexibility index (Phi) is 4.15. The van der Waals surface area contributed by atoms with Gasteiger partial charge in [0.2, 0.25) is 5.91 Å². The standard InChI is InChI=1S/C17H24N2O2/c1-3-15-14-10-18-9-13(14)11-19(15)17(20)8-12-6-4-5-7-16(12)21-2/h4-7,13-15,18H,3,8-11H2,1-2H3. The van der Waals surface area contributed by atoms with Crippen LogP contribution in [0.1, 0.15) is 18.9 Å². The van der Waals surface area contributed by atoms with Crippen LogP contribution in [0.5, 0.6) is 5.75 Å². The number of ether oxygens (including phenoxy) is 1. The van der Waals surface area contributed by atoms with Crippen LogP contribution >= 0.6 is 0 Å². The molecule has 1 aromatic rings. The minimum Gasteiger partial charge on any atom is -0.496 e. The van der Waals surface area contributed by atoms with Crippen LogP contribution in [-0.2, 0) is 11.2 Å². The van der Waals surface area contributed by atoms with E-state index in [1.54, 1.807) is 7.11 Å². The Labute approximate surface area is 126 Å². The van der Waals surface area contributed by atoms with Crippen molar-refractivity contribution in [3.8, 4) is 5.75 Å². The van der Waals surface area contributed by atoms with E-state index in [2.05, 4.69) is 17.1 Å². The number of likely N-dealkylation sites (tertiary alicyclic amines) is 1. The van der Waals surface area contributed by atoms with E-state index in [1.807, 2.05) is 24.3 Å². The fraction of sp³-hybridized carbons (Fsp3) is 0.588. The molecule has 21 heavy (non-hydrogen) atoms. The molecular weight excluding hydrogens is 264 g/mol. The van der Waals surface area contributed by atoms with Gasteiger partial charge in [0.25, 0.3) is 0 Å². The van der Waals surface area contributed by atoms with E-state index in [0.717, 1.165) is 37.4 Å². The maximum Gasteiger partial charge on any atom is 0.227 e. The Hall–Kier alpha value is -1.55. The largest absolute Gasteiger partial charge is 0.496 e. The molecule has 2 saturated heterocycles. The average Bonchev–Trinajstić information content (AvgIpc) is 3.07. The summed E-state index contributed by atoms with van der Waals surface area (Å²) < 4.78 is 5.36. The molecule has 0 aromatic heterocycles. The average molecular weight is 288 g/mol. The minimum atomic E-state index is 0.237. The fourth-order valence-electron chi connectivity index (χ4n) is 3.95. The number of nitrogens with one attached hydrogen (secondary N) is 1. The summed E-state index contributed by atoms with van der Waals surface area (Å²) in [5.41, 5.74) is 0.982. The van der Waals surface area contributed by atoms with Crippen LogP contribution < -0.4 is 10.1 Å². The molecule has 3 rings (SSSR count). The van der Waals surface area contributed by atoms with Gasteiger partial charge in [0.1, 0.15) is 5.75 Å². The van der Waals surface area contributed by atoms with Crippen molar-refractivity contribution in [2.75, 3.05) is 26.7 Å². The van der Waals surface area contributed by atoms with Gasteiger partial charge in [0.05, 0.1) is 13.5 Å². The highest BCUT2D eigenvalue weighted by molar-refractivity contribution is 5.80. The van der Waals surface area contributed by atoms with Crippen LogP contribution in [0.3, 0.4) is 0 Å². The number of methoxy groups -OCH3 is 1. The summed E-state index contributed by atoms with van der Waals surface area (Å²) in [6.45, 7) is 5.21. The number of hydrogen-bond acceptors (Lipinski definition) is 3. The molecular formula is C17H24N2O2. The van der Waals surface area contributed by atoms with Gasteiger partial charge in [-0.05, 0) is 24.3 Å². The van der Waals surface area contributed by atoms with Gasteiger partial charge in [-0.25, -0.2) is 0 Å². The first-order valence-corrected chi connectivity index (χ1v) is 7.86. The van der Waals surface area contributed by atoms with E-state index in [0.29, 0.717) is 24.3 Å². The molecule has 1 aromatic carbocycles. The van der Waals surface area contributed by atoms with Crippen molar-refractivity contribution in [3.63, 3.8) is 0 Å². The minimum absolute atomic E-state index is 0.237. The molecule has 0 aliphatic carbocycles. The highest BCUT2D eigenvalue weighted by Crippen LogP contribution is 2.34. The SMILES string of the molecule is CCC1C2CNCC2CN1C(=O)Cc1ccccc1OC. The second-order valence-corrected chi connectivity index (χ2v) is 6.09. The number of amides is 1. The van der Waals surface area contributed by atoms with Gasteiger partial charge >= 0.3 is 0 Å². The molecule has 114 valence electrons. The molecule has 0 radical (unpaired) electrons. The van der Waals surface area contributed by atoms with Crippen LogP contribution in [0, 0.1) is 11.8 Å². The van der Waals surface area contributed by atoms with Crippen LogP contribution in [0.2, 0.25) is 0 Å². The smallest absolute Gasteiger partial charge is 0.227 e. The molecule has 1 amide bonds. The van der Waals surface area contributed by atoms with E-state index in [9.17, 15) is 4.79 Å². The summed E-state index contributed by atoms with van der Waals surface area (Å²) in [6, 6.07) is 8.20. The lowest BCUT2D eigenvalue weighted by atomic mass is 9.93. The zero-order chi connectivity index (χ0) is 14.8. The molecule has 3 atom stereocenters. The lowest BCUT2D eigenvalue weighted by Gasteiger charge is -2.27. The third kappa shape index (κ3) is 2.64. The first kappa shape index (κ1) is 14.4. The molecule has 4 heteroatoms. The first-order valence-electron chi connectivity index (χ1n) is 7.86. The number of carbonyl (C=O) groups excluding carboxylic acids is 1. The predicted octanol–water partition coefficient (Wildman–Crippen LogP) is 1.69. The van der Waals surface area contributed by atoms with Gasteiger partial charge in [-0.1, -0.05) is 25.1 Å². The zero-order valence-electron chi connectivity index (χ0n) is 12.8. The van der Waals surface area contributed by atoms with Crippen molar-refractivity contribution in [2.24, 2.45) is 11.8 Å². The van der Waals surface area contributed by atoms with Gasteiger partial charge in [0.15, 0.2) is 0 Å². The van der Waals surface area contributed by atoms with Gasteiger partial charge in [0, 0.05) is 31.2 Å². The van der Waals surface area contributed by atoms with E-state index in [-0.39, 0.29) is 5.91 Å². The van der Waals surface area contributed by atoms with E-state index in [4.69, 9.17) is 4.74 Å². The number of hydrogen-bond donors (Lipinski definition) is 1. The maximum absolute atomic E-state index is 12.7. The van der Waals surface area contributed by atoms with Gasteiger partial charge in [-0.3, -0.25) is 4.79 Å². The lowest BCUT2D eigenvalue weighted by Crippen LogP contribution is -2.40. The van der Waals surface area contributed by atoms with Gasteiger partial charge < -0.3 is 15.0 Å². The normalized spacial score (nSPS) is 27.7. The number of fused-ring (bicyclic) bond motifs is 1. The Morgan fingerprint density at radius 3 is 2.95 bits per heavy atom. The van der Waals surface area contributed by atoms with Crippen molar-refractivity contribution in [2.45, 2.75) is 25.8 Å². The quantitative estimate of drug-likeness (QED) is 0.917. The second-order valence-electron chi connectivity index (χ2n) is 6.09.